The van der Waals surface area contributed by atoms with Crippen molar-refractivity contribution in [2.24, 2.45) is 0 Å². The molecule has 1 N–H and O–H groups in total. The summed E-state index contributed by atoms with van der Waals surface area (Å²) in [6, 6.07) is 5.46. The van der Waals surface area contributed by atoms with Gasteiger partial charge in [-0.25, -0.2) is 4.39 Å². The predicted octanol–water partition coefficient (Wildman–Crippen LogP) is 0.659. The van der Waals surface area contributed by atoms with E-state index in [1.165, 1.54) is 23.1 Å². The van der Waals surface area contributed by atoms with Crippen LogP contribution in [0.15, 0.2) is 24.3 Å². The van der Waals surface area contributed by atoms with Gasteiger partial charge in [0.1, 0.15) is 5.82 Å². The summed E-state index contributed by atoms with van der Waals surface area (Å²) in [4.78, 5) is 13.6. The lowest BCUT2D eigenvalue weighted by molar-refractivity contribution is -0.0185. The highest BCUT2D eigenvalue weighted by Gasteiger charge is 2.28. The van der Waals surface area contributed by atoms with Crippen molar-refractivity contribution in [2.75, 3.05) is 26.4 Å². The number of nitrogens with zero attached hydrogens (tertiary/aromatic N) is 1. The summed E-state index contributed by atoms with van der Waals surface area (Å²) in [6.45, 7) is 0.895. The van der Waals surface area contributed by atoms with Crippen LogP contribution in [-0.2, 0) is 4.74 Å². The summed E-state index contributed by atoms with van der Waals surface area (Å²) >= 11 is 0. The zero-order valence-corrected chi connectivity index (χ0v) is 9.30. The van der Waals surface area contributed by atoms with Crippen molar-refractivity contribution in [3.8, 4) is 0 Å². The van der Waals surface area contributed by atoms with Crippen LogP contribution in [0.3, 0.4) is 0 Å². The van der Waals surface area contributed by atoms with E-state index < -0.39 is 17.8 Å². The van der Waals surface area contributed by atoms with Gasteiger partial charge in [0, 0.05) is 6.54 Å². The number of rotatable bonds is 2. The van der Waals surface area contributed by atoms with E-state index in [0.29, 0.717) is 13.2 Å². The van der Waals surface area contributed by atoms with E-state index in [9.17, 15) is 9.18 Å². The lowest BCUT2D eigenvalue weighted by Gasteiger charge is -2.34. The Morgan fingerprint density at radius 2 is 2.29 bits per heavy atom. The van der Waals surface area contributed by atoms with Crippen LogP contribution in [-0.4, -0.2) is 48.3 Å². The topological polar surface area (TPSA) is 49.8 Å². The average molecular weight is 239 g/mol. The van der Waals surface area contributed by atoms with Gasteiger partial charge >= 0.3 is 0 Å². The molecule has 4 nitrogen and oxygen atoms in total. The third-order valence-electron chi connectivity index (χ3n) is 2.80. The maximum absolute atomic E-state index is 13.5. The van der Waals surface area contributed by atoms with Crippen molar-refractivity contribution in [3.63, 3.8) is 0 Å². The molecule has 5 heteroatoms. The highest BCUT2D eigenvalue weighted by Crippen LogP contribution is 2.14. The molecule has 0 spiro atoms. The Morgan fingerprint density at radius 1 is 1.53 bits per heavy atom. The second kappa shape index (κ2) is 5.25. The van der Waals surface area contributed by atoms with Gasteiger partial charge < -0.3 is 14.7 Å². The van der Waals surface area contributed by atoms with E-state index in [1.54, 1.807) is 6.07 Å². The van der Waals surface area contributed by atoms with E-state index in [1.807, 2.05) is 0 Å². The van der Waals surface area contributed by atoms with Crippen molar-refractivity contribution in [3.05, 3.63) is 35.6 Å². The lowest BCUT2D eigenvalue weighted by atomic mass is 10.1. The number of aliphatic hydroxyl groups excluding tert-OH is 1. The standard InChI is InChI=1S/C12H14FNO3/c13-11-4-2-1-3-10(11)12(16)14-5-6-17-8-9(14)7-15/h1-4,9,15H,5-8H2. The number of benzene rings is 1. The summed E-state index contributed by atoms with van der Waals surface area (Å²) < 4.78 is 18.7. The fraction of sp³-hybridized carbons (Fsp3) is 0.417. The fourth-order valence-electron chi connectivity index (χ4n) is 1.86. The first-order valence-corrected chi connectivity index (χ1v) is 5.48. The van der Waals surface area contributed by atoms with Gasteiger partial charge in [0.05, 0.1) is 31.4 Å². The largest absolute Gasteiger partial charge is 0.394 e. The van der Waals surface area contributed by atoms with Crippen LogP contribution in [0.1, 0.15) is 10.4 Å². The van der Waals surface area contributed by atoms with Crippen LogP contribution >= 0.6 is 0 Å². The van der Waals surface area contributed by atoms with Gasteiger partial charge in [-0.1, -0.05) is 12.1 Å². The summed E-state index contributed by atoms with van der Waals surface area (Å²) in [7, 11) is 0. The molecule has 1 aromatic carbocycles. The van der Waals surface area contributed by atoms with E-state index in [2.05, 4.69) is 0 Å². The number of carbonyl (C=O) groups excluding carboxylic acids is 1. The number of aliphatic hydroxyl groups is 1. The Bertz CT molecular complexity index is 410. The Kier molecular flexibility index (Phi) is 3.71. The van der Waals surface area contributed by atoms with Gasteiger partial charge in [0.25, 0.3) is 5.91 Å². The summed E-state index contributed by atoms with van der Waals surface area (Å²) in [5.74, 6) is -0.939. The van der Waals surface area contributed by atoms with E-state index >= 15 is 0 Å². The molecule has 1 aromatic rings. The molecule has 0 radical (unpaired) electrons. The quantitative estimate of drug-likeness (QED) is 0.824. The van der Waals surface area contributed by atoms with Gasteiger partial charge in [0.2, 0.25) is 0 Å². The van der Waals surface area contributed by atoms with Crippen LogP contribution in [0.2, 0.25) is 0 Å². The first-order valence-electron chi connectivity index (χ1n) is 5.48. The molecule has 1 heterocycles. The minimum Gasteiger partial charge on any atom is -0.394 e. The molecule has 92 valence electrons. The molecule has 1 amide bonds. The molecule has 0 aromatic heterocycles. The van der Waals surface area contributed by atoms with E-state index in [0.717, 1.165) is 0 Å². The molecule has 1 fully saturated rings. The number of carbonyl (C=O) groups is 1. The van der Waals surface area contributed by atoms with Crippen molar-refractivity contribution in [1.29, 1.82) is 0 Å². The monoisotopic (exact) mass is 239 g/mol. The van der Waals surface area contributed by atoms with Crippen LogP contribution in [0, 0.1) is 5.82 Å². The smallest absolute Gasteiger partial charge is 0.257 e. The van der Waals surface area contributed by atoms with Gasteiger partial charge in [-0.15, -0.1) is 0 Å². The number of amides is 1. The molecule has 1 unspecified atom stereocenters. The molecule has 1 aliphatic heterocycles. The summed E-state index contributed by atoms with van der Waals surface area (Å²) in [6.07, 6.45) is 0. The van der Waals surface area contributed by atoms with Gasteiger partial charge in [0.15, 0.2) is 0 Å². The SMILES string of the molecule is O=C(c1ccccc1F)N1CCOCC1CO. The van der Waals surface area contributed by atoms with Crippen molar-refractivity contribution < 1.29 is 19.0 Å². The summed E-state index contributed by atoms with van der Waals surface area (Å²) in [5, 5.41) is 9.16. The number of ether oxygens (including phenoxy) is 1. The number of hydrogen-bond acceptors (Lipinski definition) is 3. The third-order valence-corrected chi connectivity index (χ3v) is 2.80. The molecule has 0 aliphatic carbocycles. The minimum absolute atomic E-state index is 0.0350. The second-order valence-electron chi connectivity index (χ2n) is 3.89. The predicted molar refractivity (Wildman–Crippen MR) is 59.1 cm³/mol. The minimum atomic E-state index is -0.541. The molecular weight excluding hydrogens is 225 g/mol. The molecular formula is C12H14FNO3. The first kappa shape index (κ1) is 12.0. The van der Waals surface area contributed by atoms with E-state index in [4.69, 9.17) is 9.84 Å². The van der Waals surface area contributed by atoms with Crippen LogP contribution in [0.4, 0.5) is 4.39 Å². The summed E-state index contributed by atoms with van der Waals surface area (Å²) in [5.41, 5.74) is 0.0350. The second-order valence-corrected chi connectivity index (χ2v) is 3.89. The Labute approximate surface area is 98.6 Å². The molecule has 1 atom stereocenters. The maximum Gasteiger partial charge on any atom is 0.257 e. The van der Waals surface area contributed by atoms with Crippen molar-refractivity contribution in [2.45, 2.75) is 6.04 Å². The average Bonchev–Trinajstić information content (AvgIpc) is 2.38. The van der Waals surface area contributed by atoms with Crippen LogP contribution < -0.4 is 0 Å². The lowest BCUT2D eigenvalue weighted by Crippen LogP contribution is -2.50. The molecule has 2 rings (SSSR count). The zero-order chi connectivity index (χ0) is 12.3. The molecule has 0 bridgehead atoms. The van der Waals surface area contributed by atoms with Gasteiger partial charge in [-0.2, -0.15) is 0 Å². The highest BCUT2D eigenvalue weighted by molar-refractivity contribution is 5.94. The molecule has 1 aliphatic rings. The van der Waals surface area contributed by atoms with Gasteiger partial charge in [-0.3, -0.25) is 4.79 Å². The zero-order valence-electron chi connectivity index (χ0n) is 9.30. The fourth-order valence-corrected chi connectivity index (χ4v) is 1.86. The Hall–Kier alpha value is -1.46. The van der Waals surface area contributed by atoms with Crippen molar-refractivity contribution in [1.82, 2.24) is 4.90 Å². The number of hydrogen-bond donors (Lipinski definition) is 1. The Morgan fingerprint density at radius 3 is 3.00 bits per heavy atom. The van der Waals surface area contributed by atoms with Crippen molar-refractivity contribution >= 4 is 5.91 Å². The first-order chi connectivity index (χ1) is 8.24. The third kappa shape index (κ3) is 2.45. The number of morpholine rings is 1. The number of halogens is 1. The normalized spacial score (nSPS) is 20.4. The molecule has 1 saturated heterocycles. The Balaban J connectivity index is 2.21. The molecule has 0 saturated carbocycles. The highest BCUT2D eigenvalue weighted by atomic mass is 19.1. The maximum atomic E-state index is 13.5. The molecule has 17 heavy (non-hydrogen) atoms. The van der Waals surface area contributed by atoms with Gasteiger partial charge in [-0.05, 0) is 12.1 Å². The van der Waals surface area contributed by atoms with Crippen LogP contribution in [0.5, 0.6) is 0 Å². The van der Waals surface area contributed by atoms with Crippen LogP contribution in [0.25, 0.3) is 0 Å². The van der Waals surface area contributed by atoms with E-state index in [-0.39, 0.29) is 18.8 Å².